The highest BCUT2D eigenvalue weighted by Gasteiger charge is 2.49. The monoisotopic (exact) mass is 446 g/mol. The molecule has 4 atom stereocenters. The summed E-state index contributed by atoms with van der Waals surface area (Å²) >= 11 is 0. The van der Waals surface area contributed by atoms with E-state index in [0.717, 1.165) is 12.2 Å². The van der Waals surface area contributed by atoms with Gasteiger partial charge in [-0.1, -0.05) is 35.4 Å². The van der Waals surface area contributed by atoms with Gasteiger partial charge in [0, 0.05) is 6.54 Å². The average Bonchev–Trinajstić information content (AvgIpc) is 3.64. The molecule has 2 aromatic carbocycles. The third-order valence-electron chi connectivity index (χ3n) is 5.94. The number of hydrogen-bond acceptors (Lipinski definition) is 9. The van der Waals surface area contributed by atoms with E-state index in [1.54, 1.807) is 15.7 Å². The largest absolute Gasteiger partial charge is 0.423 e. The van der Waals surface area contributed by atoms with Crippen molar-refractivity contribution in [2.45, 2.75) is 30.8 Å². The molecular weight excluding hydrogens is 424 g/mol. The number of nitrogens with zero attached hydrogens (tertiary/aromatic N) is 7. The molecule has 0 amide bonds. The number of ether oxygens (including phenoxy) is 3. The summed E-state index contributed by atoms with van der Waals surface area (Å²) in [5, 5.41) is 19.7. The van der Waals surface area contributed by atoms with Crippen molar-refractivity contribution in [2.75, 3.05) is 13.2 Å². The third kappa shape index (κ3) is 3.97. The first-order valence-corrected chi connectivity index (χ1v) is 10.8. The minimum absolute atomic E-state index is 0.0716. The number of nitrogens with one attached hydrogen (secondary N) is 1. The zero-order valence-electron chi connectivity index (χ0n) is 17.6. The van der Waals surface area contributed by atoms with Crippen molar-refractivity contribution in [1.82, 2.24) is 40.3 Å². The summed E-state index contributed by atoms with van der Waals surface area (Å²) in [7, 11) is 0. The normalized spacial score (nSPS) is 24.1. The first-order valence-electron chi connectivity index (χ1n) is 10.8. The SMILES string of the molecule is c1ccc(CN[C@@H]2CO[C@@H]3[C@@H]2OC[C@@H]3n2nnnc2Oc2ccc(-n3cncn3)cc2)cc1. The minimum atomic E-state index is -0.169. The maximum absolute atomic E-state index is 6.10. The first-order chi connectivity index (χ1) is 16.3. The van der Waals surface area contributed by atoms with Crippen LogP contribution in [0.4, 0.5) is 0 Å². The van der Waals surface area contributed by atoms with Crippen LogP contribution >= 0.6 is 0 Å². The van der Waals surface area contributed by atoms with E-state index >= 15 is 0 Å². The second-order valence-corrected chi connectivity index (χ2v) is 7.98. The van der Waals surface area contributed by atoms with E-state index in [2.05, 4.69) is 43.1 Å². The van der Waals surface area contributed by atoms with E-state index in [1.165, 1.54) is 11.9 Å². The summed E-state index contributed by atoms with van der Waals surface area (Å²) in [5.41, 5.74) is 2.10. The van der Waals surface area contributed by atoms with Crippen LogP contribution in [0.15, 0.2) is 67.3 Å². The van der Waals surface area contributed by atoms with Gasteiger partial charge in [-0.2, -0.15) is 9.78 Å². The van der Waals surface area contributed by atoms with Crippen molar-refractivity contribution in [3.05, 3.63) is 72.8 Å². The van der Waals surface area contributed by atoms with E-state index in [1.807, 2.05) is 42.5 Å². The molecule has 2 saturated heterocycles. The van der Waals surface area contributed by atoms with E-state index in [-0.39, 0.29) is 24.3 Å². The van der Waals surface area contributed by atoms with Crippen LogP contribution in [0.25, 0.3) is 5.69 Å². The predicted molar refractivity (Wildman–Crippen MR) is 115 cm³/mol. The van der Waals surface area contributed by atoms with Crippen molar-refractivity contribution < 1.29 is 14.2 Å². The highest BCUT2D eigenvalue weighted by Crippen LogP contribution is 2.36. The van der Waals surface area contributed by atoms with Gasteiger partial charge in [-0.3, -0.25) is 0 Å². The van der Waals surface area contributed by atoms with Gasteiger partial charge < -0.3 is 19.5 Å². The lowest BCUT2D eigenvalue weighted by Crippen LogP contribution is -2.40. The van der Waals surface area contributed by atoms with Crippen molar-refractivity contribution in [2.24, 2.45) is 0 Å². The molecule has 2 fully saturated rings. The second-order valence-electron chi connectivity index (χ2n) is 7.98. The van der Waals surface area contributed by atoms with E-state index in [4.69, 9.17) is 14.2 Å². The van der Waals surface area contributed by atoms with Crippen LogP contribution < -0.4 is 10.1 Å². The lowest BCUT2D eigenvalue weighted by molar-refractivity contribution is 0.0611. The van der Waals surface area contributed by atoms with Gasteiger partial charge in [0.1, 0.15) is 36.7 Å². The molecule has 0 aliphatic carbocycles. The molecule has 33 heavy (non-hydrogen) atoms. The Morgan fingerprint density at radius 3 is 2.67 bits per heavy atom. The molecule has 0 bridgehead atoms. The minimum Gasteiger partial charge on any atom is -0.423 e. The summed E-state index contributed by atoms with van der Waals surface area (Å²) in [5.74, 6) is 0.611. The van der Waals surface area contributed by atoms with E-state index in [9.17, 15) is 0 Å². The summed E-state index contributed by atoms with van der Waals surface area (Å²) in [6, 6.07) is 17.9. The van der Waals surface area contributed by atoms with Gasteiger partial charge in [0.15, 0.2) is 0 Å². The van der Waals surface area contributed by atoms with Crippen molar-refractivity contribution >= 4 is 0 Å². The van der Waals surface area contributed by atoms with E-state index in [0.29, 0.717) is 25.0 Å². The summed E-state index contributed by atoms with van der Waals surface area (Å²) < 4.78 is 21.5. The molecule has 0 saturated carbocycles. The first kappa shape index (κ1) is 20.0. The van der Waals surface area contributed by atoms with Crippen LogP contribution in [0.1, 0.15) is 11.6 Å². The molecule has 11 heteroatoms. The van der Waals surface area contributed by atoms with Crippen molar-refractivity contribution in [1.29, 1.82) is 0 Å². The Balaban J connectivity index is 1.12. The number of aromatic nitrogens is 7. The Kier molecular flexibility index (Phi) is 5.26. The standard InChI is InChI=1S/C22H22N8O3/c1-2-4-15(5-3-1)10-24-18-11-31-21-19(12-32-20(18)21)30-22(26-27-28-30)33-17-8-6-16(7-9-17)29-14-23-13-25-29/h1-9,13-14,18-21,24H,10-12H2/t18-,19+,20-,21+/m1/s1. The molecule has 6 rings (SSSR count). The molecule has 4 heterocycles. The van der Waals surface area contributed by atoms with Crippen LogP contribution in [0.2, 0.25) is 0 Å². The van der Waals surface area contributed by atoms with Gasteiger partial charge in [0.2, 0.25) is 0 Å². The lowest BCUT2D eigenvalue weighted by atomic mass is 10.1. The molecular formula is C22H22N8O3. The Hall–Kier alpha value is -3.67. The maximum Gasteiger partial charge on any atom is 0.341 e. The fraction of sp³-hybridized carbons (Fsp3) is 0.318. The van der Waals surface area contributed by atoms with Gasteiger partial charge in [0.05, 0.1) is 24.9 Å². The fourth-order valence-electron chi connectivity index (χ4n) is 4.28. The van der Waals surface area contributed by atoms with Crippen LogP contribution in [0.5, 0.6) is 11.8 Å². The van der Waals surface area contributed by atoms with Gasteiger partial charge >= 0.3 is 6.01 Å². The molecule has 2 aliphatic rings. The Morgan fingerprint density at radius 2 is 1.85 bits per heavy atom. The van der Waals surface area contributed by atoms with Crippen LogP contribution in [0.3, 0.4) is 0 Å². The second kappa shape index (κ2) is 8.70. The highest BCUT2D eigenvalue weighted by molar-refractivity contribution is 5.37. The lowest BCUT2D eigenvalue weighted by Gasteiger charge is -2.18. The van der Waals surface area contributed by atoms with Gasteiger partial charge in [-0.25, -0.2) is 9.67 Å². The van der Waals surface area contributed by atoms with Crippen LogP contribution in [-0.2, 0) is 16.0 Å². The molecule has 1 N–H and O–H groups in total. The fourth-order valence-corrected chi connectivity index (χ4v) is 4.28. The maximum atomic E-state index is 6.10. The topological polar surface area (TPSA) is 114 Å². The molecule has 168 valence electrons. The number of rotatable bonds is 7. The van der Waals surface area contributed by atoms with Crippen molar-refractivity contribution in [3.8, 4) is 17.4 Å². The Morgan fingerprint density at radius 1 is 1.00 bits per heavy atom. The van der Waals surface area contributed by atoms with E-state index < -0.39 is 0 Å². The Bertz CT molecular complexity index is 1180. The number of hydrogen-bond donors (Lipinski definition) is 1. The zero-order valence-corrected chi connectivity index (χ0v) is 17.6. The Labute approximate surface area is 189 Å². The van der Waals surface area contributed by atoms with Gasteiger partial charge in [0.25, 0.3) is 0 Å². The summed E-state index contributed by atoms with van der Waals surface area (Å²) in [6.45, 7) is 1.78. The van der Waals surface area contributed by atoms with Crippen LogP contribution in [0, 0.1) is 0 Å². The van der Waals surface area contributed by atoms with Crippen LogP contribution in [-0.4, -0.2) is 66.4 Å². The smallest absolute Gasteiger partial charge is 0.341 e. The molecule has 2 aromatic heterocycles. The van der Waals surface area contributed by atoms with Gasteiger partial charge in [-0.15, -0.1) is 0 Å². The quantitative estimate of drug-likeness (QED) is 0.451. The third-order valence-corrected chi connectivity index (χ3v) is 5.94. The molecule has 0 unspecified atom stereocenters. The molecule has 11 nitrogen and oxygen atoms in total. The molecule has 4 aromatic rings. The number of benzene rings is 2. The predicted octanol–water partition coefficient (Wildman–Crippen LogP) is 1.54. The highest BCUT2D eigenvalue weighted by atomic mass is 16.6. The number of tetrazole rings is 1. The molecule has 0 spiro atoms. The number of fused-ring (bicyclic) bond motifs is 1. The zero-order chi connectivity index (χ0) is 22.0. The molecule has 0 radical (unpaired) electrons. The summed E-state index contributed by atoms with van der Waals surface area (Å²) in [6.07, 6.45) is 2.90. The van der Waals surface area contributed by atoms with Gasteiger partial charge in [-0.05, 0) is 40.3 Å². The average molecular weight is 446 g/mol. The van der Waals surface area contributed by atoms with Crippen molar-refractivity contribution in [3.63, 3.8) is 0 Å². The summed E-state index contributed by atoms with van der Waals surface area (Å²) in [4.78, 5) is 3.96. The molecule has 2 aliphatic heterocycles.